The summed E-state index contributed by atoms with van der Waals surface area (Å²) in [6.45, 7) is 7.56. The van der Waals surface area contributed by atoms with Crippen molar-refractivity contribution in [3.63, 3.8) is 0 Å². The van der Waals surface area contributed by atoms with Crippen LogP contribution in [0.5, 0.6) is 0 Å². The van der Waals surface area contributed by atoms with Gasteiger partial charge in [-0.2, -0.15) is 0 Å². The molecule has 0 heterocycles. The van der Waals surface area contributed by atoms with Crippen LogP contribution in [0, 0.1) is 12.3 Å². The van der Waals surface area contributed by atoms with E-state index >= 15 is 0 Å². The van der Waals surface area contributed by atoms with Gasteiger partial charge in [0.15, 0.2) is 0 Å². The van der Waals surface area contributed by atoms with Crippen molar-refractivity contribution < 1.29 is 0 Å². The summed E-state index contributed by atoms with van der Waals surface area (Å²) in [5.41, 5.74) is 0.256. The Labute approximate surface area is 70.6 Å². The average molecular weight is 153 g/mol. The minimum atomic E-state index is 0.256. The van der Waals surface area contributed by atoms with E-state index in [0.717, 1.165) is 13.0 Å². The summed E-state index contributed by atoms with van der Waals surface area (Å²) < 4.78 is 0. The van der Waals surface area contributed by atoms with Crippen LogP contribution in [-0.4, -0.2) is 12.1 Å². The van der Waals surface area contributed by atoms with Crippen LogP contribution in [0.4, 0.5) is 0 Å². The normalized spacial score (nSPS) is 11.1. The van der Waals surface area contributed by atoms with Crippen molar-refractivity contribution in [3.8, 4) is 12.3 Å². The molecule has 1 nitrogen and oxygen atoms in total. The molecule has 0 unspecified atom stereocenters. The number of nitrogens with one attached hydrogen (secondary N) is 1. The Bertz CT molecular complexity index is 130. The Morgan fingerprint density at radius 1 is 1.45 bits per heavy atom. The third kappa shape index (κ3) is 5.94. The molecule has 1 heteroatoms. The van der Waals surface area contributed by atoms with E-state index in [2.05, 4.69) is 32.0 Å². The van der Waals surface area contributed by atoms with E-state index in [1.807, 2.05) is 0 Å². The first-order valence-corrected chi connectivity index (χ1v) is 4.31. The first-order valence-electron chi connectivity index (χ1n) is 4.31. The Balaban J connectivity index is 3.48. The van der Waals surface area contributed by atoms with E-state index in [4.69, 9.17) is 6.42 Å². The minimum absolute atomic E-state index is 0.256. The lowest BCUT2D eigenvalue weighted by atomic mass is 9.99. The molecule has 0 saturated carbocycles. The highest BCUT2D eigenvalue weighted by Crippen LogP contribution is 2.09. The second-order valence-corrected chi connectivity index (χ2v) is 3.51. The van der Waals surface area contributed by atoms with Crippen molar-refractivity contribution in [2.24, 2.45) is 0 Å². The second-order valence-electron chi connectivity index (χ2n) is 3.51. The van der Waals surface area contributed by atoms with Crippen molar-refractivity contribution in [2.45, 2.75) is 45.6 Å². The smallest absolute Gasteiger partial charge is 0.0212 e. The van der Waals surface area contributed by atoms with E-state index in [0.29, 0.717) is 0 Å². The fourth-order valence-corrected chi connectivity index (χ4v) is 1.19. The lowest BCUT2D eigenvalue weighted by Crippen LogP contribution is -2.39. The summed E-state index contributed by atoms with van der Waals surface area (Å²) in [4.78, 5) is 0. The summed E-state index contributed by atoms with van der Waals surface area (Å²) in [5, 5.41) is 3.42. The van der Waals surface area contributed by atoms with Gasteiger partial charge in [-0.1, -0.05) is 13.3 Å². The van der Waals surface area contributed by atoms with Crippen LogP contribution in [0.25, 0.3) is 0 Å². The maximum Gasteiger partial charge on any atom is 0.0212 e. The summed E-state index contributed by atoms with van der Waals surface area (Å²) in [6.07, 6.45) is 8.39. The second kappa shape index (κ2) is 5.21. The monoisotopic (exact) mass is 153 g/mol. The van der Waals surface area contributed by atoms with Gasteiger partial charge in [-0.05, 0) is 20.3 Å². The van der Waals surface area contributed by atoms with Gasteiger partial charge in [-0.15, -0.1) is 12.3 Å². The molecule has 11 heavy (non-hydrogen) atoms. The number of hydrogen-bond donors (Lipinski definition) is 1. The van der Waals surface area contributed by atoms with Crippen LogP contribution in [0.1, 0.15) is 40.0 Å². The lowest BCUT2D eigenvalue weighted by molar-refractivity contribution is 0.363. The summed E-state index contributed by atoms with van der Waals surface area (Å²) in [7, 11) is 0. The standard InChI is InChI=1S/C10H19N/c1-5-7-9-11-10(3,4)8-6-2/h1,11H,6-9H2,2-4H3. The number of terminal acetylenes is 1. The molecule has 0 atom stereocenters. The molecule has 0 amide bonds. The number of hydrogen-bond acceptors (Lipinski definition) is 1. The topological polar surface area (TPSA) is 12.0 Å². The van der Waals surface area contributed by atoms with Crippen molar-refractivity contribution in [2.75, 3.05) is 6.54 Å². The highest BCUT2D eigenvalue weighted by atomic mass is 14.9. The van der Waals surface area contributed by atoms with Gasteiger partial charge in [-0.25, -0.2) is 0 Å². The van der Waals surface area contributed by atoms with Gasteiger partial charge in [0.25, 0.3) is 0 Å². The SMILES string of the molecule is C#CCCNC(C)(C)CCC. The van der Waals surface area contributed by atoms with E-state index in [1.165, 1.54) is 12.8 Å². The fourth-order valence-electron chi connectivity index (χ4n) is 1.19. The Morgan fingerprint density at radius 2 is 2.09 bits per heavy atom. The average Bonchev–Trinajstić information content (AvgIpc) is 1.87. The molecule has 0 aliphatic carbocycles. The van der Waals surface area contributed by atoms with Crippen LogP contribution in [0.15, 0.2) is 0 Å². The van der Waals surface area contributed by atoms with Gasteiger partial charge in [0.1, 0.15) is 0 Å². The predicted molar refractivity (Wildman–Crippen MR) is 50.4 cm³/mol. The van der Waals surface area contributed by atoms with Crippen molar-refractivity contribution in [1.29, 1.82) is 0 Å². The molecule has 0 saturated heterocycles. The molecular formula is C10H19N. The van der Waals surface area contributed by atoms with E-state index in [-0.39, 0.29) is 5.54 Å². The molecule has 0 aliphatic rings. The molecule has 0 bridgehead atoms. The van der Waals surface area contributed by atoms with Gasteiger partial charge < -0.3 is 5.32 Å². The molecule has 0 aromatic rings. The minimum Gasteiger partial charge on any atom is -0.311 e. The highest BCUT2D eigenvalue weighted by molar-refractivity contribution is 4.86. The molecule has 1 N–H and O–H groups in total. The molecule has 64 valence electrons. The summed E-state index contributed by atoms with van der Waals surface area (Å²) in [5.74, 6) is 2.62. The molecular weight excluding hydrogens is 134 g/mol. The zero-order chi connectivity index (χ0) is 8.74. The Morgan fingerprint density at radius 3 is 2.55 bits per heavy atom. The first-order chi connectivity index (χ1) is 5.12. The van der Waals surface area contributed by atoms with Crippen LogP contribution in [0.3, 0.4) is 0 Å². The summed E-state index contributed by atoms with van der Waals surface area (Å²) >= 11 is 0. The Hall–Kier alpha value is -0.480. The molecule has 0 spiro atoms. The third-order valence-electron chi connectivity index (χ3n) is 1.75. The highest BCUT2D eigenvalue weighted by Gasteiger charge is 2.13. The van der Waals surface area contributed by atoms with Crippen LogP contribution in [0.2, 0.25) is 0 Å². The summed E-state index contributed by atoms with van der Waals surface area (Å²) in [6, 6.07) is 0. The lowest BCUT2D eigenvalue weighted by Gasteiger charge is -2.25. The van der Waals surface area contributed by atoms with Gasteiger partial charge in [0.2, 0.25) is 0 Å². The van der Waals surface area contributed by atoms with Crippen LogP contribution < -0.4 is 5.32 Å². The first kappa shape index (κ1) is 10.5. The zero-order valence-corrected chi connectivity index (χ0v) is 7.91. The zero-order valence-electron chi connectivity index (χ0n) is 7.91. The van der Waals surface area contributed by atoms with E-state index < -0.39 is 0 Å². The Kier molecular flexibility index (Phi) is 4.98. The predicted octanol–water partition coefficient (Wildman–Crippen LogP) is 2.18. The van der Waals surface area contributed by atoms with Gasteiger partial charge >= 0.3 is 0 Å². The van der Waals surface area contributed by atoms with Crippen molar-refractivity contribution >= 4 is 0 Å². The molecule has 0 radical (unpaired) electrons. The van der Waals surface area contributed by atoms with Crippen molar-refractivity contribution in [1.82, 2.24) is 5.32 Å². The molecule has 0 rings (SSSR count). The fraction of sp³-hybridized carbons (Fsp3) is 0.800. The molecule has 0 aliphatic heterocycles. The maximum atomic E-state index is 5.14. The van der Waals surface area contributed by atoms with E-state index in [9.17, 15) is 0 Å². The van der Waals surface area contributed by atoms with Gasteiger partial charge in [0.05, 0.1) is 0 Å². The molecule has 0 aromatic carbocycles. The van der Waals surface area contributed by atoms with Gasteiger partial charge in [0, 0.05) is 18.5 Å². The van der Waals surface area contributed by atoms with Crippen molar-refractivity contribution in [3.05, 3.63) is 0 Å². The van der Waals surface area contributed by atoms with Crippen LogP contribution in [-0.2, 0) is 0 Å². The molecule has 0 fully saturated rings. The number of rotatable bonds is 5. The van der Waals surface area contributed by atoms with E-state index in [1.54, 1.807) is 0 Å². The van der Waals surface area contributed by atoms with Gasteiger partial charge in [-0.3, -0.25) is 0 Å². The quantitative estimate of drug-likeness (QED) is 0.471. The maximum absolute atomic E-state index is 5.14. The molecule has 0 aromatic heterocycles. The third-order valence-corrected chi connectivity index (χ3v) is 1.75. The largest absolute Gasteiger partial charge is 0.311 e. The van der Waals surface area contributed by atoms with Crippen LogP contribution >= 0.6 is 0 Å².